The quantitative estimate of drug-likeness (QED) is 0.888. The van der Waals surface area contributed by atoms with E-state index < -0.39 is 0 Å². The summed E-state index contributed by atoms with van der Waals surface area (Å²) >= 11 is 0. The topological polar surface area (TPSA) is 69.7 Å². The molecule has 0 radical (unpaired) electrons. The first-order chi connectivity index (χ1) is 13.5. The van der Waals surface area contributed by atoms with Crippen molar-refractivity contribution in [3.63, 3.8) is 0 Å². The summed E-state index contributed by atoms with van der Waals surface area (Å²) in [6.07, 6.45) is 0.952. The minimum Gasteiger partial charge on any atom is -0.339 e. The van der Waals surface area contributed by atoms with Crippen LogP contribution in [0.25, 0.3) is 0 Å². The van der Waals surface area contributed by atoms with Crippen molar-refractivity contribution in [3.8, 4) is 0 Å². The van der Waals surface area contributed by atoms with Crippen molar-refractivity contribution in [2.45, 2.75) is 20.3 Å². The van der Waals surface area contributed by atoms with Crippen LogP contribution in [0, 0.1) is 0 Å². The summed E-state index contributed by atoms with van der Waals surface area (Å²) in [5.41, 5.74) is 2.99. The van der Waals surface area contributed by atoms with Crippen molar-refractivity contribution in [2.24, 2.45) is 0 Å². The van der Waals surface area contributed by atoms with Crippen LogP contribution in [0.1, 0.15) is 40.1 Å². The average molecular weight is 379 g/mol. The zero-order valence-corrected chi connectivity index (χ0v) is 16.3. The molecule has 1 aliphatic heterocycles. The number of piperazine rings is 1. The van der Waals surface area contributed by atoms with Gasteiger partial charge in [0.15, 0.2) is 0 Å². The standard InChI is InChI=1S/C22H25N3O3/c1-3-17-4-10-20(11-5-17)23-21(27)18-6-8-19(9-7-18)22(28)25-14-12-24(13-15-25)16(2)26/h4-11H,3,12-15H2,1-2H3,(H,23,27). The molecule has 0 unspecified atom stereocenters. The molecule has 1 heterocycles. The van der Waals surface area contributed by atoms with Crippen molar-refractivity contribution in [3.05, 3.63) is 65.2 Å². The van der Waals surface area contributed by atoms with Crippen molar-refractivity contribution in [1.82, 2.24) is 9.80 Å². The largest absolute Gasteiger partial charge is 0.339 e. The van der Waals surface area contributed by atoms with E-state index in [-0.39, 0.29) is 17.7 Å². The van der Waals surface area contributed by atoms with Gasteiger partial charge in [-0.2, -0.15) is 0 Å². The molecule has 146 valence electrons. The first-order valence-electron chi connectivity index (χ1n) is 9.53. The average Bonchev–Trinajstić information content (AvgIpc) is 2.74. The Balaban J connectivity index is 1.60. The molecule has 1 N–H and O–H groups in total. The van der Waals surface area contributed by atoms with Gasteiger partial charge in [0, 0.05) is 49.9 Å². The third kappa shape index (κ3) is 4.57. The Bertz CT molecular complexity index is 852. The van der Waals surface area contributed by atoms with Gasteiger partial charge in [-0.15, -0.1) is 0 Å². The molecular weight excluding hydrogens is 354 g/mol. The molecule has 6 nitrogen and oxygen atoms in total. The van der Waals surface area contributed by atoms with Gasteiger partial charge in [-0.25, -0.2) is 0 Å². The lowest BCUT2D eigenvalue weighted by Gasteiger charge is -2.34. The van der Waals surface area contributed by atoms with Gasteiger partial charge < -0.3 is 15.1 Å². The van der Waals surface area contributed by atoms with Crippen LogP contribution in [0.15, 0.2) is 48.5 Å². The molecule has 1 saturated heterocycles. The molecule has 1 fully saturated rings. The summed E-state index contributed by atoms with van der Waals surface area (Å²) in [5, 5.41) is 2.87. The van der Waals surface area contributed by atoms with Gasteiger partial charge in [-0.05, 0) is 48.4 Å². The van der Waals surface area contributed by atoms with Crippen LogP contribution < -0.4 is 5.32 Å². The molecule has 2 aromatic carbocycles. The van der Waals surface area contributed by atoms with E-state index in [1.807, 2.05) is 24.3 Å². The molecule has 2 aromatic rings. The second kappa shape index (κ2) is 8.69. The molecule has 1 aliphatic rings. The molecular formula is C22H25N3O3. The van der Waals surface area contributed by atoms with Crippen LogP contribution >= 0.6 is 0 Å². The Hall–Kier alpha value is -3.15. The number of benzene rings is 2. The normalized spacial score (nSPS) is 13.9. The van der Waals surface area contributed by atoms with Gasteiger partial charge in [0.05, 0.1) is 0 Å². The highest BCUT2D eigenvalue weighted by atomic mass is 16.2. The van der Waals surface area contributed by atoms with Gasteiger partial charge in [0.1, 0.15) is 0 Å². The molecule has 0 aliphatic carbocycles. The summed E-state index contributed by atoms with van der Waals surface area (Å²) in [6.45, 7) is 5.78. The highest BCUT2D eigenvalue weighted by Crippen LogP contribution is 2.14. The van der Waals surface area contributed by atoms with E-state index in [2.05, 4.69) is 12.2 Å². The summed E-state index contributed by atoms with van der Waals surface area (Å²) in [5.74, 6) is -0.254. The molecule has 0 bridgehead atoms. The van der Waals surface area contributed by atoms with Crippen LogP contribution in [-0.4, -0.2) is 53.7 Å². The molecule has 6 heteroatoms. The number of hydrogen-bond acceptors (Lipinski definition) is 3. The second-order valence-electron chi connectivity index (χ2n) is 6.88. The van der Waals surface area contributed by atoms with Crippen LogP contribution in [0.5, 0.6) is 0 Å². The lowest BCUT2D eigenvalue weighted by molar-refractivity contribution is -0.130. The molecule has 28 heavy (non-hydrogen) atoms. The zero-order valence-electron chi connectivity index (χ0n) is 16.3. The maximum absolute atomic E-state index is 12.6. The number of amides is 3. The maximum atomic E-state index is 12.6. The van der Waals surface area contributed by atoms with Gasteiger partial charge in [0.2, 0.25) is 5.91 Å². The number of rotatable bonds is 4. The van der Waals surface area contributed by atoms with Gasteiger partial charge in [0.25, 0.3) is 11.8 Å². The molecule has 0 saturated carbocycles. The predicted octanol–water partition coefficient (Wildman–Crippen LogP) is 2.81. The molecule has 0 aromatic heterocycles. The fourth-order valence-electron chi connectivity index (χ4n) is 3.20. The Morgan fingerprint density at radius 1 is 0.821 bits per heavy atom. The zero-order chi connectivity index (χ0) is 20.1. The van der Waals surface area contributed by atoms with Crippen LogP contribution in [0.2, 0.25) is 0 Å². The highest BCUT2D eigenvalue weighted by molar-refractivity contribution is 6.05. The molecule has 3 rings (SSSR count). The number of aryl methyl sites for hydroxylation is 1. The Kier molecular flexibility index (Phi) is 6.09. The number of nitrogens with zero attached hydrogens (tertiary/aromatic N) is 2. The Morgan fingerprint density at radius 3 is 1.89 bits per heavy atom. The minimum absolute atomic E-state index is 0.0341. The maximum Gasteiger partial charge on any atom is 0.255 e. The van der Waals surface area contributed by atoms with E-state index in [0.717, 1.165) is 12.1 Å². The number of hydrogen-bond donors (Lipinski definition) is 1. The monoisotopic (exact) mass is 379 g/mol. The lowest BCUT2D eigenvalue weighted by Crippen LogP contribution is -2.50. The minimum atomic E-state index is -0.210. The first kappa shape index (κ1) is 19.6. The first-order valence-corrected chi connectivity index (χ1v) is 9.53. The van der Waals surface area contributed by atoms with Crippen LogP contribution in [0.4, 0.5) is 5.69 Å². The molecule has 0 spiro atoms. The second-order valence-corrected chi connectivity index (χ2v) is 6.88. The number of carbonyl (C=O) groups is 3. The van der Waals surface area contributed by atoms with Gasteiger partial charge in [-0.3, -0.25) is 14.4 Å². The Labute approximate surface area is 165 Å². The summed E-state index contributed by atoms with van der Waals surface area (Å²) < 4.78 is 0. The predicted molar refractivity (Wildman–Crippen MR) is 108 cm³/mol. The van der Waals surface area contributed by atoms with Gasteiger partial charge >= 0.3 is 0 Å². The van der Waals surface area contributed by atoms with E-state index in [9.17, 15) is 14.4 Å². The van der Waals surface area contributed by atoms with E-state index in [4.69, 9.17) is 0 Å². The van der Waals surface area contributed by atoms with Crippen molar-refractivity contribution in [1.29, 1.82) is 0 Å². The number of nitrogens with one attached hydrogen (secondary N) is 1. The number of carbonyl (C=O) groups excluding carboxylic acids is 3. The third-order valence-corrected chi connectivity index (χ3v) is 5.03. The summed E-state index contributed by atoms with van der Waals surface area (Å²) in [7, 11) is 0. The van der Waals surface area contributed by atoms with E-state index in [1.54, 1.807) is 41.0 Å². The van der Waals surface area contributed by atoms with E-state index >= 15 is 0 Å². The van der Waals surface area contributed by atoms with Crippen molar-refractivity contribution >= 4 is 23.4 Å². The van der Waals surface area contributed by atoms with E-state index in [1.165, 1.54) is 5.56 Å². The molecule has 3 amide bonds. The SMILES string of the molecule is CCc1ccc(NC(=O)c2ccc(C(=O)N3CCN(C(C)=O)CC3)cc2)cc1. The van der Waals surface area contributed by atoms with Crippen LogP contribution in [0.3, 0.4) is 0 Å². The fourth-order valence-corrected chi connectivity index (χ4v) is 3.20. The van der Waals surface area contributed by atoms with Crippen LogP contribution in [-0.2, 0) is 11.2 Å². The van der Waals surface area contributed by atoms with Gasteiger partial charge in [-0.1, -0.05) is 19.1 Å². The third-order valence-electron chi connectivity index (χ3n) is 5.03. The molecule has 0 atom stereocenters. The summed E-state index contributed by atoms with van der Waals surface area (Å²) in [6, 6.07) is 14.4. The van der Waals surface area contributed by atoms with E-state index in [0.29, 0.717) is 37.3 Å². The van der Waals surface area contributed by atoms with Crippen molar-refractivity contribution in [2.75, 3.05) is 31.5 Å². The smallest absolute Gasteiger partial charge is 0.255 e. The summed E-state index contributed by atoms with van der Waals surface area (Å²) in [4.78, 5) is 39.9. The Morgan fingerprint density at radius 2 is 1.36 bits per heavy atom. The highest BCUT2D eigenvalue weighted by Gasteiger charge is 2.23. The fraction of sp³-hybridized carbons (Fsp3) is 0.318. The number of anilines is 1. The lowest BCUT2D eigenvalue weighted by atomic mass is 10.1. The van der Waals surface area contributed by atoms with Crippen molar-refractivity contribution < 1.29 is 14.4 Å².